The summed E-state index contributed by atoms with van der Waals surface area (Å²) in [5, 5.41) is 11.9. The van der Waals surface area contributed by atoms with Crippen molar-refractivity contribution in [3.8, 4) is 16.9 Å². The number of hydrogen-bond donors (Lipinski definition) is 2. The number of amides is 1. The van der Waals surface area contributed by atoms with E-state index in [0.717, 1.165) is 29.7 Å². The van der Waals surface area contributed by atoms with Crippen LogP contribution in [0.25, 0.3) is 11.1 Å². The maximum absolute atomic E-state index is 12.6. The molecule has 0 spiro atoms. The Balaban J connectivity index is 1.63. The first-order chi connectivity index (χ1) is 13.0. The number of hydrogen-bond acceptors (Lipinski definition) is 4. The number of carboxylic acids is 1. The van der Waals surface area contributed by atoms with Gasteiger partial charge in [-0.15, -0.1) is 0 Å². The molecule has 1 saturated heterocycles. The lowest BCUT2D eigenvalue weighted by atomic mass is 10.0. The van der Waals surface area contributed by atoms with Crippen LogP contribution in [0, 0.1) is 0 Å². The molecule has 1 aliphatic heterocycles. The highest BCUT2D eigenvalue weighted by atomic mass is 16.5. The minimum Gasteiger partial charge on any atom is -0.497 e. The number of carbonyl (C=O) groups is 2. The van der Waals surface area contributed by atoms with Crippen molar-refractivity contribution in [1.82, 2.24) is 10.2 Å². The Morgan fingerprint density at radius 1 is 1.11 bits per heavy atom. The van der Waals surface area contributed by atoms with Crippen LogP contribution < -0.4 is 10.1 Å². The fourth-order valence-electron chi connectivity index (χ4n) is 3.34. The summed E-state index contributed by atoms with van der Waals surface area (Å²) in [5.41, 5.74) is 2.56. The normalized spacial score (nSPS) is 15.3. The van der Waals surface area contributed by atoms with Crippen molar-refractivity contribution in [1.29, 1.82) is 0 Å². The van der Waals surface area contributed by atoms with Crippen LogP contribution in [0.4, 0.5) is 0 Å². The quantitative estimate of drug-likeness (QED) is 0.820. The van der Waals surface area contributed by atoms with Crippen LogP contribution in [-0.4, -0.2) is 54.7 Å². The van der Waals surface area contributed by atoms with E-state index in [1.165, 1.54) is 0 Å². The number of carbonyl (C=O) groups excluding carboxylic acids is 1. The van der Waals surface area contributed by atoms with Crippen LogP contribution in [0.1, 0.15) is 23.2 Å². The molecule has 0 unspecified atom stereocenters. The molecule has 2 aromatic carbocycles. The van der Waals surface area contributed by atoms with E-state index in [2.05, 4.69) is 5.32 Å². The molecule has 3 rings (SSSR count). The zero-order chi connectivity index (χ0) is 19.2. The highest BCUT2D eigenvalue weighted by molar-refractivity contribution is 5.95. The van der Waals surface area contributed by atoms with Gasteiger partial charge in [-0.3, -0.25) is 14.5 Å². The van der Waals surface area contributed by atoms with Gasteiger partial charge in [0.2, 0.25) is 0 Å². The van der Waals surface area contributed by atoms with E-state index in [0.29, 0.717) is 18.7 Å². The number of nitrogens with zero attached hydrogens (tertiary/aromatic N) is 1. The second kappa shape index (κ2) is 8.68. The fourth-order valence-corrected chi connectivity index (χ4v) is 3.34. The lowest BCUT2D eigenvalue weighted by Gasteiger charge is -2.31. The third kappa shape index (κ3) is 5.08. The molecule has 142 valence electrons. The van der Waals surface area contributed by atoms with Gasteiger partial charge in [-0.25, -0.2) is 0 Å². The van der Waals surface area contributed by atoms with Crippen molar-refractivity contribution >= 4 is 11.9 Å². The third-order valence-corrected chi connectivity index (χ3v) is 4.81. The third-order valence-electron chi connectivity index (χ3n) is 4.81. The van der Waals surface area contributed by atoms with Gasteiger partial charge in [0, 0.05) is 24.7 Å². The van der Waals surface area contributed by atoms with Gasteiger partial charge in [-0.1, -0.05) is 24.3 Å². The Labute approximate surface area is 158 Å². The molecule has 0 bridgehead atoms. The molecular weight excluding hydrogens is 344 g/mol. The minimum atomic E-state index is -0.813. The summed E-state index contributed by atoms with van der Waals surface area (Å²) in [6.45, 7) is 1.42. The molecule has 2 N–H and O–H groups in total. The van der Waals surface area contributed by atoms with Crippen LogP contribution in [0.5, 0.6) is 5.75 Å². The number of benzene rings is 2. The number of rotatable bonds is 6. The molecule has 27 heavy (non-hydrogen) atoms. The van der Waals surface area contributed by atoms with Crippen molar-refractivity contribution in [2.75, 3.05) is 26.7 Å². The van der Waals surface area contributed by atoms with Gasteiger partial charge >= 0.3 is 5.97 Å². The molecule has 0 saturated carbocycles. The zero-order valence-electron chi connectivity index (χ0n) is 15.4. The smallest absolute Gasteiger partial charge is 0.317 e. The van der Waals surface area contributed by atoms with Crippen LogP contribution in [0.2, 0.25) is 0 Å². The largest absolute Gasteiger partial charge is 0.497 e. The first-order valence-electron chi connectivity index (χ1n) is 9.04. The SMILES string of the molecule is COc1cccc(-c2cccc(C(=O)NC3CCN(CC(=O)O)CC3)c2)c1. The molecule has 6 nitrogen and oxygen atoms in total. The highest BCUT2D eigenvalue weighted by Gasteiger charge is 2.22. The molecule has 1 aliphatic rings. The standard InChI is InChI=1S/C21H24N2O4/c1-27-19-7-3-5-16(13-19)15-4-2-6-17(12-15)21(26)22-18-8-10-23(11-9-18)14-20(24)25/h2-7,12-13,18H,8-11,14H2,1H3,(H,22,26)(H,24,25). The number of nitrogens with one attached hydrogen (secondary N) is 1. The van der Waals surface area contributed by atoms with Crippen LogP contribution in [0.15, 0.2) is 48.5 Å². The number of likely N-dealkylation sites (tertiary alicyclic amines) is 1. The maximum atomic E-state index is 12.6. The molecule has 6 heteroatoms. The molecule has 0 aromatic heterocycles. The van der Waals surface area contributed by atoms with Gasteiger partial charge in [0.15, 0.2) is 0 Å². The molecule has 1 fully saturated rings. The zero-order valence-corrected chi connectivity index (χ0v) is 15.4. The number of aliphatic carboxylic acids is 1. The molecule has 2 aromatic rings. The molecule has 1 amide bonds. The summed E-state index contributed by atoms with van der Waals surface area (Å²) in [6, 6.07) is 15.3. The Kier molecular flexibility index (Phi) is 6.08. The molecule has 0 aliphatic carbocycles. The van der Waals surface area contributed by atoms with Crippen molar-refractivity contribution in [2.45, 2.75) is 18.9 Å². The Bertz CT molecular complexity index is 813. The van der Waals surface area contributed by atoms with Gasteiger partial charge in [0.1, 0.15) is 5.75 Å². The van der Waals surface area contributed by atoms with Gasteiger partial charge in [0.25, 0.3) is 5.91 Å². The van der Waals surface area contributed by atoms with Gasteiger partial charge in [0.05, 0.1) is 13.7 Å². The number of methoxy groups -OCH3 is 1. The monoisotopic (exact) mass is 368 g/mol. The molecule has 0 atom stereocenters. The number of carboxylic acid groups (broad SMARTS) is 1. The van der Waals surface area contributed by atoms with Crippen molar-refractivity contribution in [3.05, 3.63) is 54.1 Å². The Hall–Kier alpha value is -2.86. The molecular formula is C21H24N2O4. The first-order valence-corrected chi connectivity index (χ1v) is 9.04. The average Bonchev–Trinajstić information content (AvgIpc) is 2.69. The van der Waals surface area contributed by atoms with E-state index in [9.17, 15) is 9.59 Å². The predicted octanol–water partition coefficient (Wildman–Crippen LogP) is 2.64. The maximum Gasteiger partial charge on any atom is 0.317 e. The summed E-state index contributed by atoms with van der Waals surface area (Å²) in [5.74, 6) is -0.140. The second-order valence-electron chi connectivity index (χ2n) is 6.73. The Morgan fingerprint density at radius 2 is 1.78 bits per heavy atom. The summed E-state index contributed by atoms with van der Waals surface area (Å²) >= 11 is 0. The minimum absolute atomic E-state index is 0.0588. The van der Waals surface area contributed by atoms with Crippen LogP contribution in [-0.2, 0) is 4.79 Å². The van der Waals surface area contributed by atoms with E-state index in [-0.39, 0.29) is 18.5 Å². The van der Waals surface area contributed by atoms with Crippen molar-refractivity contribution in [2.24, 2.45) is 0 Å². The topological polar surface area (TPSA) is 78.9 Å². The number of piperidine rings is 1. The lowest BCUT2D eigenvalue weighted by molar-refractivity contribution is -0.138. The summed E-state index contributed by atoms with van der Waals surface area (Å²) in [7, 11) is 1.63. The van der Waals surface area contributed by atoms with Gasteiger partial charge < -0.3 is 15.2 Å². The van der Waals surface area contributed by atoms with E-state index < -0.39 is 5.97 Å². The van der Waals surface area contributed by atoms with E-state index in [4.69, 9.17) is 9.84 Å². The van der Waals surface area contributed by atoms with Crippen molar-refractivity contribution in [3.63, 3.8) is 0 Å². The predicted molar refractivity (Wildman–Crippen MR) is 103 cm³/mol. The van der Waals surface area contributed by atoms with E-state index in [1.807, 2.05) is 47.4 Å². The van der Waals surface area contributed by atoms with Gasteiger partial charge in [-0.2, -0.15) is 0 Å². The summed E-state index contributed by atoms with van der Waals surface area (Å²) < 4.78 is 5.27. The highest BCUT2D eigenvalue weighted by Crippen LogP contribution is 2.24. The van der Waals surface area contributed by atoms with Crippen LogP contribution >= 0.6 is 0 Å². The van der Waals surface area contributed by atoms with Crippen molar-refractivity contribution < 1.29 is 19.4 Å². The molecule has 1 heterocycles. The molecule has 0 radical (unpaired) electrons. The average molecular weight is 368 g/mol. The van der Waals surface area contributed by atoms with Crippen LogP contribution in [0.3, 0.4) is 0 Å². The Morgan fingerprint density at radius 3 is 2.44 bits per heavy atom. The van der Waals surface area contributed by atoms with E-state index in [1.54, 1.807) is 13.2 Å². The van der Waals surface area contributed by atoms with Gasteiger partial charge in [-0.05, 0) is 48.2 Å². The fraction of sp³-hybridized carbons (Fsp3) is 0.333. The van der Waals surface area contributed by atoms with E-state index >= 15 is 0 Å². The summed E-state index contributed by atoms with van der Waals surface area (Å²) in [4.78, 5) is 25.3. The lowest BCUT2D eigenvalue weighted by Crippen LogP contribution is -2.45. The number of ether oxygens (including phenoxy) is 1. The second-order valence-corrected chi connectivity index (χ2v) is 6.73. The first kappa shape index (κ1) is 18.9. The summed E-state index contributed by atoms with van der Waals surface area (Å²) in [6.07, 6.45) is 1.52.